The monoisotopic (exact) mass is 494 g/mol. The Morgan fingerprint density at radius 1 is 1.19 bits per heavy atom. The van der Waals surface area contributed by atoms with Crippen molar-refractivity contribution in [2.24, 2.45) is 0 Å². The first-order valence-electron chi connectivity index (χ1n) is 11.9. The molecule has 0 amide bonds. The zero-order valence-electron chi connectivity index (χ0n) is 19.6. The third-order valence-electron chi connectivity index (χ3n) is 7.28. The number of aryl methyl sites for hydroxylation is 1. The molecule has 2 fully saturated rings. The molecule has 3 N–H and O–H groups in total. The largest absolute Gasteiger partial charge is 0.480 e. The zero-order valence-corrected chi connectivity index (χ0v) is 19.6. The molecule has 2 aromatic carbocycles. The van der Waals surface area contributed by atoms with Gasteiger partial charge in [-0.05, 0) is 62.4 Å². The van der Waals surface area contributed by atoms with Crippen molar-refractivity contribution in [3.8, 4) is 11.1 Å². The van der Waals surface area contributed by atoms with Crippen LogP contribution in [0.2, 0.25) is 0 Å². The number of benzene rings is 2. The Morgan fingerprint density at radius 2 is 1.97 bits per heavy atom. The number of hydrogen-bond donors (Lipinski definition) is 2. The van der Waals surface area contributed by atoms with Crippen molar-refractivity contribution in [2.75, 3.05) is 12.3 Å². The van der Waals surface area contributed by atoms with Crippen molar-refractivity contribution in [3.05, 3.63) is 57.7 Å². The number of oxazole rings is 1. The van der Waals surface area contributed by atoms with E-state index >= 15 is 0 Å². The van der Waals surface area contributed by atoms with Crippen molar-refractivity contribution < 1.29 is 23.1 Å². The van der Waals surface area contributed by atoms with Crippen LogP contribution in [0, 0.1) is 18.6 Å². The summed E-state index contributed by atoms with van der Waals surface area (Å²) in [4.78, 5) is 31.4. The Kier molecular flexibility index (Phi) is 5.11. The fourth-order valence-corrected chi connectivity index (χ4v) is 5.38. The van der Waals surface area contributed by atoms with Crippen LogP contribution in [0.4, 0.5) is 14.5 Å². The van der Waals surface area contributed by atoms with Gasteiger partial charge in [-0.2, -0.15) is 0 Å². The molecule has 1 aliphatic carbocycles. The van der Waals surface area contributed by atoms with Crippen LogP contribution in [0.15, 0.2) is 33.5 Å². The van der Waals surface area contributed by atoms with Gasteiger partial charge in [0.05, 0.1) is 17.7 Å². The fourth-order valence-electron chi connectivity index (χ4n) is 5.38. The predicted octanol–water partition coefficient (Wildman–Crippen LogP) is 4.36. The SMILES string of the molecule is Cc1c(-c2cc(F)c(N)cc2F)ccc2c3oc(CN4CCC[C@H]4C(=O)O)nc3c(=O)n(C3CC3)c12. The van der Waals surface area contributed by atoms with E-state index in [0.29, 0.717) is 40.6 Å². The lowest BCUT2D eigenvalue weighted by Gasteiger charge is -2.18. The van der Waals surface area contributed by atoms with Gasteiger partial charge in [-0.1, -0.05) is 6.07 Å². The zero-order chi connectivity index (χ0) is 25.3. The number of nitrogens with two attached hydrogens (primary N) is 1. The molecule has 10 heteroatoms. The first-order valence-corrected chi connectivity index (χ1v) is 11.9. The summed E-state index contributed by atoms with van der Waals surface area (Å²) in [7, 11) is 0. The second-order valence-corrected chi connectivity index (χ2v) is 9.65. The molecule has 8 nitrogen and oxygen atoms in total. The number of carboxylic acid groups (broad SMARTS) is 1. The van der Waals surface area contributed by atoms with Crippen molar-refractivity contribution in [3.63, 3.8) is 0 Å². The number of aromatic nitrogens is 2. The normalized spacial score (nSPS) is 18.5. The molecule has 1 saturated carbocycles. The van der Waals surface area contributed by atoms with Gasteiger partial charge in [-0.15, -0.1) is 0 Å². The van der Waals surface area contributed by atoms with E-state index in [9.17, 15) is 23.5 Å². The smallest absolute Gasteiger partial charge is 0.320 e. The third kappa shape index (κ3) is 3.47. The summed E-state index contributed by atoms with van der Waals surface area (Å²) in [5, 5.41) is 10.1. The molecule has 2 aliphatic rings. The van der Waals surface area contributed by atoms with Gasteiger partial charge >= 0.3 is 5.97 Å². The van der Waals surface area contributed by atoms with Crippen LogP contribution in [-0.2, 0) is 11.3 Å². The number of likely N-dealkylation sites (tertiary alicyclic amines) is 1. The number of rotatable bonds is 5. The van der Waals surface area contributed by atoms with Gasteiger partial charge in [0.2, 0.25) is 5.89 Å². The number of halogens is 2. The van der Waals surface area contributed by atoms with Crippen LogP contribution >= 0.6 is 0 Å². The standard InChI is InChI=1S/C26H24F2N4O4/c1-12-14(16-9-18(28)19(29)10-17(16)27)6-7-15-23(12)32(13-4-5-13)25(33)22-24(15)36-21(30-22)11-31-8-2-3-20(31)26(34)35/h6-7,9-10,13,20H,2-5,8,11,29H2,1H3,(H,34,35)/t20-/m0/s1. The molecule has 1 atom stereocenters. The van der Waals surface area contributed by atoms with Crippen molar-refractivity contribution in [2.45, 2.75) is 51.2 Å². The predicted molar refractivity (Wildman–Crippen MR) is 130 cm³/mol. The molecule has 4 aromatic rings. The number of nitrogens with zero attached hydrogens (tertiary/aromatic N) is 3. The minimum Gasteiger partial charge on any atom is -0.480 e. The number of anilines is 1. The van der Waals surface area contributed by atoms with Crippen LogP contribution in [-0.4, -0.2) is 38.1 Å². The lowest BCUT2D eigenvalue weighted by molar-refractivity contribution is -0.142. The van der Waals surface area contributed by atoms with Crippen molar-refractivity contribution in [1.82, 2.24) is 14.5 Å². The third-order valence-corrected chi connectivity index (χ3v) is 7.28. The maximum Gasteiger partial charge on any atom is 0.320 e. The van der Waals surface area contributed by atoms with Crippen molar-refractivity contribution in [1.29, 1.82) is 0 Å². The molecular formula is C26H24F2N4O4. The molecule has 3 heterocycles. The highest BCUT2D eigenvalue weighted by Crippen LogP contribution is 2.41. The molecule has 1 saturated heterocycles. The lowest BCUT2D eigenvalue weighted by atomic mass is 9.96. The summed E-state index contributed by atoms with van der Waals surface area (Å²) in [5.74, 6) is -1.99. The Hall–Kier alpha value is -3.79. The maximum atomic E-state index is 14.8. The molecule has 36 heavy (non-hydrogen) atoms. The minimum atomic E-state index is -0.889. The van der Waals surface area contributed by atoms with E-state index in [1.165, 1.54) is 0 Å². The Balaban J connectivity index is 1.55. The van der Waals surface area contributed by atoms with Gasteiger partial charge in [-0.3, -0.25) is 14.5 Å². The van der Waals surface area contributed by atoms with Gasteiger partial charge in [0, 0.05) is 23.1 Å². The number of carboxylic acids is 1. The number of pyridine rings is 1. The van der Waals surface area contributed by atoms with Crippen LogP contribution in [0.25, 0.3) is 33.1 Å². The molecule has 2 aromatic heterocycles. The van der Waals surface area contributed by atoms with E-state index < -0.39 is 23.6 Å². The number of aliphatic carboxylic acids is 1. The van der Waals surface area contributed by atoms with E-state index in [0.717, 1.165) is 31.4 Å². The molecule has 186 valence electrons. The minimum absolute atomic E-state index is 0.0125. The second-order valence-electron chi connectivity index (χ2n) is 9.65. The molecule has 0 radical (unpaired) electrons. The Morgan fingerprint density at radius 3 is 2.69 bits per heavy atom. The van der Waals surface area contributed by atoms with E-state index in [1.54, 1.807) is 28.5 Å². The Bertz CT molecular complexity index is 1620. The second kappa shape index (κ2) is 8.12. The van der Waals surface area contributed by atoms with E-state index in [1.807, 2.05) is 0 Å². The average Bonchev–Trinajstić information content (AvgIpc) is 3.39. The number of hydrogen-bond acceptors (Lipinski definition) is 6. The van der Waals surface area contributed by atoms with Crippen LogP contribution < -0.4 is 11.3 Å². The van der Waals surface area contributed by atoms with E-state index in [-0.39, 0.29) is 40.8 Å². The van der Waals surface area contributed by atoms with Crippen molar-refractivity contribution >= 4 is 33.7 Å². The summed E-state index contributed by atoms with van der Waals surface area (Å²) < 4.78 is 36.8. The number of nitrogen functional groups attached to an aromatic ring is 1. The first-order chi connectivity index (χ1) is 17.2. The molecule has 0 unspecified atom stereocenters. The molecule has 1 aliphatic heterocycles. The maximum absolute atomic E-state index is 14.8. The van der Waals surface area contributed by atoms with Crippen LogP contribution in [0.1, 0.15) is 43.2 Å². The summed E-state index contributed by atoms with van der Waals surface area (Å²) in [6.07, 6.45) is 2.97. The van der Waals surface area contributed by atoms with Crippen LogP contribution in [0.5, 0.6) is 0 Å². The highest BCUT2D eigenvalue weighted by molar-refractivity contribution is 6.04. The van der Waals surface area contributed by atoms with Gasteiger partial charge in [0.1, 0.15) is 17.7 Å². The van der Waals surface area contributed by atoms with E-state index in [4.69, 9.17) is 10.2 Å². The lowest BCUT2D eigenvalue weighted by Crippen LogP contribution is -2.35. The molecule has 0 bridgehead atoms. The molecule has 6 rings (SSSR count). The summed E-state index contributed by atoms with van der Waals surface area (Å²) in [6, 6.07) is 4.81. The van der Waals surface area contributed by atoms with Gasteiger partial charge < -0.3 is 19.8 Å². The Labute approximate surface area is 203 Å². The molecule has 0 spiro atoms. The van der Waals surface area contributed by atoms with E-state index in [2.05, 4.69) is 4.98 Å². The highest BCUT2D eigenvalue weighted by atomic mass is 19.1. The molecular weight excluding hydrogens is 470 g/mol. The fraction of sp³-hybridized carbons (Fsp3) is 0.346. The average molecular weight is 494 g/mol. The summed E-state index contributed by atoms with van der Waals surface area (Å²) >= 11 is 0. The van der Waals surface area contributed by atoms with Crippen LogP contribution in [0.3, 0.4) is 0 Å². The number of fused-ring (bicyclic) bond motifs is 3. The summed E-state index contributed by atoms with van der Waals surface area (Å²) in [5.41, 5.74) is 7.16. The van der Waals surface area contributed by atoms with Gasteiger partial charge in [0.15, 0.2) is 11.1 Å². The quantitative estimate of drug-likeness (QED) is 0.396. The van der Waals surface area contributed by atoms with Gasteiger partial charge in [0.25, 0.3) is 5.56 Å². The topological polar surface area (TPSA) is 115 Å². The first kappa shape index (κ1) is 22.7. The highest BCUT2D eigenvalue weighted by Gasteiger charge is 2.33. The number of carbonyl (C=O) groups is 1. The summed E-state index contributed by atoms with van der Waals surface area (Å²) in [6.45, 7) is 2.56. The van der Waals surface area contributed by atoms with Gasteiger partial charge in [-0.25, -0.2) is 13.8 Å².